The monoisotopic (exact) mass is 231 g/mol. The van der Waals surface area contributed by atoms with Gasteiger partial charge in [0.2, 0.25) is 0 Å². The minimum atomic E-state index is -0.480. The Labute approximate surface area is 98.6 Å². The van der Waals surface area contributed by atoms with E-state index in [0.717, 1.165) is 0 Å². The number of rotatable bonds is 4. The summed E-state index contributed by atoms with van der Waals surface area (Å²) in [5.41, 5.74) is -0.480. The molecule has 0 aromatic rings. The molecule has 0 aliphatic rings. The summed E-state index contributed by atoms with van der Waals surface area (Å²) >= 11 is 0. The van der Waals surface area contributed by atoms with Crippen molar-refractivity contribution in [3.8, 4) is 0 Å². The summed E-state index contributed by atoms with van der Waals surface area (Å²) in [7, 11) is 1.72. The molecule has 0 aromatic heterocycles. The first-order valence-corrected chi connectivity index (χ1v) is 5.75. The van der Waals surface area contributed by atoms with E-state index in [9.17, 15) is 4.79 Å². The van der Waals surface area contributed by atoms with Crippen LogP contribution < -0.4 is 0 Å². The maximum Gasteiger partial charge on any atom is 0.410 e. The van der Waals surface area contributed by atoms with Gasteiger partial charge in [-0.15, -0.1) is 0 Å². The molecule has 1 unspecified atom stereocenters. The molecule has 0 aromatic carbocycles. The fourth-order valence-electron chi connectivity index (χ4n) is 1.58. The Kier molecular flexibility index (Phi) is 5.79. The average molecular weight is 231 g/mol. The van der Waals surface area contributed by atoms with Gasteiger partial charge < -0.3 is 14.7 Å². The SMILES string of the molecule is CC(C)C(CCO)N(C)C(=O)OC(C)(C)C. The van der Waals surface area contributed by atoms with Crippen LogP contribution in [0.2, 0.25) is 0 Å². The highest BCUT2D eigenvalue weighted by atomic mass is 16.6. The number of hydrogen-bond acceptors (Lipinski definition) is 3. The van der Waals surface area contributed by atoms with Crippen LogP contribution in [0.4, 0.5) is 4.79 Å². The molecule has 0 aliphatic heterocycles. The van der Waals surface area contributed by atoms with Crippen LogP contribution in [0.5, 0.6) is 0 Å². The van der Waals surface area contributed by atoms with Gasteiger partial charge in [-0.05, 0) is 33.1 Å². The van der Waals surface area contributed by atoms with Crippen LogP contribution in [0.25, 0.3) is 0 Å². The lowest BCUT2D eigenvalue weighted by Crippen LogP contribution is -2.43. The normalized spacial score (nSPS) is 13.8. The third-order valence-electron chi connectivity index (χ3n) is 2.37. The highest BCUT2D eigenvalue weighted by molar-refractivity contribution is 5.68. The van der Waals surface area contributed by atoms with Crippen molar-refractivity contribution >= 4 is 6.09 Å². The minimum Gasteiger partial charge on any atom is -0.444 e. The van der Waals surface area contributed by atoms with E-state index in [2.05, 4.69) is 0 Å². The molecule has 1 atom stereocenters. The van der Waals surface area contributed by atoms with Crippen molar-refractivity contribution in [3.05, 3.63) is 0 Å². The summed E-state index contributed by atoms with van der Waals surface area (Å²) in [6, 6.07) is 0.0137. The molecule has 0 saturated heterocycles. The standard InChI is InChI=1S/C12H25NO3/c1-9(2)10(7-8-14)13(6)11(15)16-12(3,4)5/h9-10,14H,7-8H2,1-6H3. The van der Waals surface area contributed by atoms with Crippen LogP contribution in [0.15, 0.2) is 0 Å². The molecule has 0 bridgehead atoms. The summed E-state index contributed by atoms with van der Waals surface area (Å²) in [4.78, 5) is 13.4. The first kappa shape index (κ1) is 15.2. The summed E-state index contributed by atoms with van der Waals surface area (Å²) < 4.78 is 5.28. The zero-order valence-electron chi connectivity index (χ0n) is 11.3. The molecular formula is C12H25NO3. The molecule has 4 nitrogen and oxygen atoms in total. The molecular weight excluding hydrogens is 206 g/mol. The molecule has 0 radical (unpaired) electrons. The number of carbonyl (C=O) groups is 1. The van der Waals surface area contributed by atoms with Gasteiger partial charge in [-0.2, -0.15) is 0 Å². The number of aliphatic hydroxyl groups excluding tert-OH is 1. The lowest BCUT2D eigenvalue weighted by atomic mass is 10.0. The quantitative estimate of drug-likeness (QED) is 0.807. The zero-order chi connectivity index (χ0) is 12.9. The van der Waals surface area contributed by atoms with Gasteiger partial charge in [0.1, 0.15) is 5.60 Å². The van der Waals surface area contributed by atoms with Gasteiger partial charge in [0.05, 0.1) is 0 Å². The molecule has 0 saturated carbocycles. The molecule has 96 valence electrons. The predicted molar refractivity (Wildman–Crippen MR) is 64.3 cm³/mol. The molecule has 1 amide bonds. The lowest BCUT2D eigenvalue weighted by molar-refractivity contribution is 0.0152. The van der Waals surface area contributed by atoms with Crippen molar-refractivity contribution < 1.29 is 14.6 Å². The van der Waals surface area contributed by atoms with Gasteiger partial charge in [0.15, 0.2) is 0 Å². The minimum absolute atomic E-state index is 0.0137. The molecule has 0 heterocycles. The molecule has 0 rings (SSSR count). The van der Waals surface area contributed by atoms with Gasteiger partial charge in [-0.1, -0.05) is 13.8 Å². The van der Waals surface area contributed by atoms with E-state index in [1.54, 1.807) is 11.9 Å². The molecule has 0 spiro atoms. The van der Waals surface area contributed by atoms with E-state index in [1.165, 1.54) is 0 Å². The van der Waals surface area contributed by atoms with Gasteiger partial charge in [-0.3, -0.25) is 0 Å². The number of hydrogen-bond donors (Lipinski definition) is 1. The second kappa shape index (κ2) is 6.09. The summed E-state index contributed by atoms with van der Waals surface area (Å²) in [6.45, 7) is 9.66. The van der Waals surface area contributed by atoms with Crippen LogP contribution in [0.3, 0.4) is 0 Å². The molecule has 1 N–H and O–H groups in total. The maximum atomic E-state index is 11.8. The Balaban J connectivity index is 4.49. The smallest absolute Gasteiger partial charge is 0.410 e. The number of nitrogens with zero attached hydrogens (tertiary/aromatic N) is 1. The highest BCUT2D eigenvalue weighted by Gasteiger charge is 2.26. The van der Waals surface area contributed by atoms with E-state index >= 15 is 0 Å². The van der Waals surface area contributed by atoms with Crippen molar-refractivity contribution in [2.75, 3.05) is 13.7 Å². The molecule has 0 aliphatic carbocycles. The van der Waals surface area contributed by atoms with Crippen molar-refractivity contribution in [1.29, 1.82) is 0 Å². The van der Waals surface area contributed by atoms with E-state index in [4.69, 9.17) is 9.84 Å². The molecule has 4 heteroatoms. The number of carbonyl (C=O) groups excluding carboxylic acids is 1. The van der Waals surface area contributed by atoms with Crippen molar-refractivity contribution in [2.24, 2.45) is 5.92 Å². The van der Waals surface area contributed by atoms with Crippen molar-refractivity contribution in [1.82, 2.24) is 4.90 Å². The van der Waals surface area contributed by atoms with Crippen molar-refractivity contribution in [2.45, 2.75) is 52.7 Å². The number of ether oxygens (including phenoxy) is 1. The van der Waals surface area contributed by atoms with Crippen LogP contribution in [-0.2, 0) is 4.74 Å². The predicted octanol–water partition coefficient (Wildman–Crippen LogP) is 2.26. The van der Waals surface area contributed by atoms with Gasteiger partial charge >= 0.3 is 6.09 Å². The first-order valence-electron chi connectivity index (χ1n) is 5.75. The fourth-order valence-corrected chi connectivity index (χ4v) is 1.58. The second-order valence-electron chi connectivity index (χ2n) is 5.41. The Morgan fingerprint density at radius 1 is 1.38 bits per heavy atom. The Bertz CT molecular complexity index is 221. The largest absolute Gasteiger partial charge is 0.444 e. The summed E-state index contributed by atoms with van der Waals surface area (Å²) in [5, 5.41) is 8.97. The summed E-state index contributed by atoms with van der Waals surface area (Å²) in [6.07, 6.45) is 0.243. The highest BCUT2D eigenvalue weighted by Crippen LogP contribution is 2.16. The van der Waals surface area contributed by atoms with Gasteiger partial charge in [-0.25, -0.2) is 4.79 Å². The van der Waals surface area contributed by atoms with Crippen LogP contribution in [0, 0.1) is 5.92 Å². The van der Waals surface area contributed by atoms with Crippen LogP contribution in [-0.4, -0.2) is 41.4 Å². The van der Waals surface area contributed by atoms with E-state index < -0.39 is 5.60 Å². The Hall–Kier alpha value is -0.770. The van der Waals surface area contributed by atoms with E-state index in [1.807, 2.05) is 34.6 Å². The van der Waals surface area contributed by atoms with E-state index in [-0.39, 0.29) is 18.7 Å². The number of amides is 1. The molecule has 16 heavy (non-hydrogen) atoms. The average Bonchev–Trinajstić information content (AvgIpc) is 2.09. The van der Waals surface area contributed by atoms with Crippen LogP contribution in [0.1, 0.15) is 41.0 Å². The topological polar surface area (TPSA) is 49.8 Å². The first-order chi connectivity index (χ1) is 7.19. The van der Waals surface area contributed by atoms with E-state index in [0.29, 0.717) is 12.3 Å². The maximum absolute atomic E-state index is 11.8. The third-order valence-corrected chi connectivity index (χ3v) is 2.37. The Morgan fingerprint density at radius 3 is 2.19 bits per heavy atom. The second-order valence-corrected chi connectivity index (χ2v) is 5.41. The Morgan fingerprint density at radius 2 is 1.88 bits per heavy atom. The van der Waals surface area contributed by atoms with Gasteiger partial charge in [0, 0.05) is 19.7 Å². The van der Waals surface area contributed by atoms with Crippen LogP contribution >= 0.6 is 0 Å². The lowest BCUT2D eigenvalue weighted by Gasteiger charge is -2.32. The third kappa shape index (κ3) is 5.35. The molecule has 0 fully saturated rings. The zero-order valence-corrected chi connectivity index (χ0v) is 11.3. The number of aliphatic hydroxyl groups is 1. The van der Waals surface area contributed by atoms with Crippen molar-refractivity contribution in [3.63, 3.8) is 0 Å². The fraction of sp³-hybridized carbons (Fsp3) is 0.917. The van der Waals surface area contributed by atoms with Gasteiger partial charge in [0.25, 0.3) is 0 Å². The summed E-state index contributed by atoms with van der Waals surface area (Å²) in [5.74, 6) is 0.296.